The molecule has 0 saturated heterocycles. The van der Waals surface area contributed by atoms with Crippen LogP contribution in [-0.2, 0) is 6.42 Å². The minimum Gasteiger partial charge on any atom is -0.262 e. The number of nitrogens with one attached hydrogen (secondary N) is 1. The number of hydrogen-bond acceptors (Lipinski definition) is 3. The van der Waals surface area contributed by atoms with E-state index in [1.165, 1.54) is 4.88 Å². The highest BCUT2D eigenvalue weighted by molar-refractivity contribution is 7.09. The smallest absolute Gasteiger partial charge is 0.181 e. The Morgan fingerprint density at radius 1 is 1.06 bits per heavy atom. The fourth-order valence-electron chi connectivity index (χ4n) is 1.67. The minimum absolute atomic E-state index is 0.761. The predicted molar refractivity (Wildman–Crippen MR) is 68.9 cm³/mol. The Labute approximate surface area is 103 Å². The summed E-state index contributed by atoms with van der Waals surface area (Å²) in [6.07, 6.45) is 0.817. The Kier molecular flexibility index (Phi) is 2.71. The zero-order chi connectivity index (χ0) is 11.5. The summed E-state index contributed by atoms with van der Waals surface area (Å²) in [5.41, 5.74) is 1.04. The molecule has 0 fully saturated rings. The summed E-state index contributed by atoms with van der Waals surface area (Å²) in [7, 11) is 0. The third kappa shape index (κ3) is 2.26. The maximum atomic E-state index is 4.50. The molecule has 0 saturated carbocycles. The number of aromatic nitrogens is 3. The SMILES string of the molecule is c1ccc(-c2n[nH]c(Cc3cccs3)n2)cc1. The topological polar surface area (TPSA) is 41.6 Å². The van der Waals surface area contributed by atoms with E-state index in [1.54, 1.807) is 11.3 Å². The van der Waals surface area contributed by atoms with Gasteiger partial charge in [0, 0.05) is 16.9 Å². The molecular formula is C13H11N3S. The van der Waals surface area contributed by atoms with Crippen LogP contribution in [0.2, 0.25) is 0 Å². The van der Waals surface area contributed by atoms with E-state index in [2.05, 4.69) is 32.7 Å². The van der Waals surface area contributed by atoms with Crippen molar-refractivity contribution in [3.8, 4) is 11.4 Å². The van der Waals surface area contributed by atoms with E-state index in [9.17, 15) is 0 Å². The van der Waals surface area contributed by atoms with Crippen molar-refractivity contribution in [2.75, 3.05) is 0 Å². The van der Waals surface area contributed by atoms with E-state index < -0.39 is 0 Å². The molecule has 0 radical (unpaired) electrons. The highest BCUT2D eigenvalue weighted by Gasteiger charge is 2.06. The van der Waals surface area contributed by atoms with Crippen molar-refractivity contribution in [1.29, 1.82) is 0 Å². The van der Waals surface area contributed by atoms with Gasteiger partial charge in [0.25, 0.3) is 0 Å². The number of benzene rings is 1. The van der Waals surface area contributed by atoms with Gasteiger partial charge in [0.1, 0.15) is 5.82 Å². The van der Waals surface area contributed by atoms with Gasteiger partial charge in [-0.15, -0.1) is 11.3 Å². The number of thiophene rings is 1. The first-order valence-corrected chi connectivity index (χ1v) is 6.29. The lowest BCUT2D eigenvalue weighted by molar-refractivity contribution is 0.984. The summed E-state index contributed by atoms with van der Waals surface area (Å²) in [6.45, 7) is 0. The lowest BCUT2D eigenvalue weighted by Gasteiger charge is -1.92. The molecule has 0 aliphatic heterocycles. The van der Waals surface area contributed by atoms with Crippen molar-refractivity contribution in [2.24, 2.45) is 0 Å². The van der Waals surface area contributed by atoms with Gasteiger partial charge in [0.05, 0.1) is 0 Å². The predicted octanol–water partition coefficient (Wildman–Crippen LogP) is 3.12. The maximum absolute atomic E-state index is 4.50. The van der Waals surface area contributed by atoms with Crippen LogP contribution in [0.15, 0.2) is 47.8 Å². The van der Waals surface area contributed by atoms with E-state index in [1.807, 2.05) is 30.3 Å². The summed E-state index contributed by atoms with van der Waals surface area (Å²) in [5, 5.41) is 9.30. The monoisotopic (exact) mass is 241 g/mol. The van der Waals surface area contributed by atoms with Gasteiger partial charge in [0.15, 0.2) is 5.82 Å². The second kappa shape index (κ2) is 4.51. The van der Waals surface area contributed by atoms with Gasteiger partial charge in [-0.05, 0) is 11.4 Å². The van der Waals surface area contributed by atoms with Crippen molar-refractivity contribution in [3.63, 3.8) is 0 Å². The lowest BCUT2D eigenvalue weighted by Crippen LogP contribution is -1.87. The molecule has 2 aromatic heterocycles. The van der Waals surface area contributed by atoms with Crippen LogP contribution in [0.25, 0.3) is 11.4 Å². The average Bonchev–Trinajstić information content (AvgIpc) is 3.02. The lowest BCUT2D eigenvalue weighted by atomic mass is 10.2. The summed E-state index contributed by atoms with van der Waals surface area (Å²) >= 11 is 1.74. The second-order valence-electron chi connectivity index (χ2n) is 3.73. The molecule has 0 aliphatic rings. The van der Waals surface area contributed by atoms with E-state index in [-0.39, 0.29) is 0 Å². The van der Waals surface area contributed by atoms with Crippen LogP contribution in [0.4, 0.5) is 0 Å². The van der Waals surface area contributed by atoms with E-state index >= 15 is 0 Å². The Morgan fingerprint density at radius 3 is 2.71 bits per heavy atom. The van der Waals surface area contributed by atoms with Crippen LogP contribution in [0.5, 0.6) is 0 Å². The zero-order valence-electron chi connectivity index (χ0n) is 9.13. The molecule has 3 aromatic rings. The van der Waals surface area contributed by atoms with Gasteiger partial charge < -0.3 is 0 Å². The first kappa shape index (κ1) is 10.2. The highest BCUT2D eigenvalue weighted by Crippen LogP contribution is 2.16. The third-order valence-corrected chi connectivity index (χ3v) is 3.36. The maximum Gasteiger partial charge on any atom is 0.181 e. The Morgan fingerprint density at radius 2 is 1.94 bits per heavy atom. The van der Waals surface area contributed by atoms with E-state index in [4.69, 9.17) is 0 Å². The summed E-state index contributed by atoms with van der Waals surface area (Å²) < 4.78 is 0. The molecule has 0 aliphatic carbocycles. The van der Waals surface area contributed by atoms with Crippen LogP contribution in [0.3, 0.4) is 0 Å². The van der Waals surface area contributed by atoms with Crippen LogP contribution < -0.4 is 0 Å². The van der Waals surface area contributed by atoms with Gasteiger partial charge >= 0.3 is 0 Å². The van der Waals surface area contributed by atoms with Gasteiger partial charge in [-0.25, -0.2) is 4.98 Å². The summed E-state index contributed by atoms with van der Waals surface area (Å²) in [4.78, 5) is 5.79. The molecule has 84 valence electrons. The van der Waals surface area contributed by atoms with Crippen molar-refractivity contribution in [1.82, 2.24) is 15.2 Å². The molecular weight excluding hydrogens is 230 g/mol. The van der Waals surface area contributed by atoms with Gasteiger partial charge in [-0.3, -0.25) is 5.10 Å². The largest absolute Gasteiger partial charge is 0.262 e. The number of hydrogen-bond donors (Lipinski definition) is 1. The van der Waals surface area contributed by atoms with Gasteiger partial charge in [-0.2, -0.15) is 5.10 Å². The van der Waals surface area contributed by atoms with Crippen LogP contribution in [-0.4, -0.2) is 15.2 Å². The standard InChI is InChI=1S/C13H11N3S/c1-2-5-10(6-3-1)13-14-12(15-16-13)9-11-7-4-8-17-11/h1-8H,9H2,(H,14,15,16). The fourth-order valence-corrected chi connectivity index (χ4v) is 2.38. The zero-order valence-corrected chi connectivity index (χ0v) is 9.95. The van der Waals surface area contributed by atoms with Crippen molar-refractivity contribution < 1.29 is 0 Å². The second-order valence-corrected chi connectivity index (χ2v) is 4.76. The van der Waals surface area contributed by atoms with Gasteiger partial charge in [0.2, 0.25) is 0 Å². The Balaban J connectivity index is 1.84. The van der Waals surface area contributed by atoms with E-state index in [0.29, 0.717) is 0 Å². The first-order chi connectivity index (χ1) is 8.42. The first-order valence-electron chi connectivity index (χ1n) is 5.41. The van der Waals surface area contributed by atoms with Crippen LogP contribution >= 0.6 is 11.3 Å². The minimum atomic E-state index is 0.761. The van der Waals surface area contributed by atoms with Crippen LogP contribution in [0, 0.1) is 0 Å². The fraction of sp³-hybridized carbons (Fsp3) is 0.0769. The third-order valence-electron chi connectivity index (χ3n) is 2.49. The molecule has 1 N–H and O–H groups in total. The molecule has 0 spiro atoms. The molecule has 1 aromatic carbocycles. The molecule has 4 heteroatoms. The number of nitrogens with zero attached hydrogens (tertiary/aromatic N) is 2. The molecule has 2 heterocycles. The average molecular weight is 241 g/mol. The molecule has 0 atom stereocenters. The number of rotatable bonds is 3. The molecule has 0 bridgehead atoms. The molecule has 3 nitrogen and oxygen atoms in total. The molecule has 17 heavy (non-hydrogen) atoms. The Bertz CT molecular complexity index is 584. The number of aromatic amines is 1. The molecule has 0 amide bonds. The highest BCUT2D eigenvalue weighted by atomic mass is 32.1. The molecule has 3 rings (SSSR count). The van der Waals surface area contributed by atoms with Gasteiger partial charge in [-0.1, -0.05) is 36.4 Å². The summed E-state index contributed by atoms with van der Waals surface area (Å²) in [5.74, 6) is 1.67. The quantitative estimate of drug-likeness (QED) is 0.765. The van der Waals surface area contributed by atoms with Crippen molar-refractivity contribution >= 4 is 11.3 Å². The van der Waals surface area contributed by atoms with E-state index in [0.717, 1.165) is 23.6 Å². The van der Waals surface area contributed by atoms with Crippen molar-refractivity contribution in [3.05, 3.63) is 58.5 Å². The normalized spacial score (nSPS) is 10.6. The Hall–Kier alpha value is -1.94. The van der Waals surface area contributed by atoms with Crippen molar-refractivity contribution in [2.45, 2.75) is 6.42 Å². The van der Waals surface area contributed by atoms with Crippen LogP contribution in [0.1, 0.15) is 10.7 Å². The number of H-pyrrole nitrogens is 1. The summed E-state index contributed by atoms with van der Waals surface area (Å²) in [6, 6.07) is 14.2. The molecule has 0 unspecified atom stereocenters.